The Bertz CT molecular complexity index is 699. The third-order valence-corrected chi connectivity index (χ3v) is 3.33. The van der Waals surface area contributed by atoms with Crippen LogP contribution in [-0.2, 0) is 4.79 Å². The third kappa shape index (κ3) is 4.07. The van der Waals surface area contributed by atoms with E-state index in [-0.39, 0.29) is 18.4 Å². The van der Waals surface area contributed by atoms with Gasteiger partial charge in [-0.25, -0.2) is 0 Å². The highest BCUT2D eigenvalue weighted by atomic mass is 35.5. The van der Waals surface area contributed by atoms with E-state index in [1.165, 1.54) is 0 Å². The van der Waals surface area contributed by atoms with Crippen molar-refractivity contribution >= 4 is 34.8 Å². The molecule has 5 nitrogen and oxygen atoms in total. The maximum atomic E-state index is 12.2. The van der Waals surface area contributed by atoms with Gasteiger partial charge in [0.15, 0.2) is 0 Å². The molecule has 6 heteroatoms. The standard InChI is InChI=1S/C16H16ClN3O2/c1-10-2-4-11(5-3-10)16(22)20-14-8-12(6-7-13(14)17)19-15(21)9-18/h2-8H,9,18H2,1H3,(H,19,21)(H,20,22). The summed E-state index contributed by atoms with van der Waals surface area (Å²) in [5.41, 5.74) is 7.78. The number of nitrogens with one attached hydrogen (secondary N) is 2. The van der Waals surface area contributed by atoms with Crippen LogP contribution in [0.2, 0.25) is 5.02 Å². The van der Waals surface area contributed by atoms with Crippen LogP contribution in [0.25, 0.3) is 0 Å². The molecule has 0 unspecified atom stereocenters. The molecular formula is C16H16ClN3O2. The predicted molar refractivity (Wildman–Crippen MR) is 88.3 cm³/mol. The minimum Gasteiger partial charge on any atom is -0.325 e. The Morgan fingerprint density at radius 2 is 1.77 bits per heavy atom. The van der Waals surface area contributed by atoms with E-state index < -0.39 is 0 Å². The first-order valence-corrected chi connectivity index (χ1v) is 7.05. The lowest BCUT2D eigenvalue weighted by atomic mass is 10.1. The predicted octanol–water partition coefficient (Wildman–Crippen LogP) is 2.80. The fourth-order valence-electron chi connectivity index (χ4n) is 1.81. The molecule has 22 heavy (non-hydrogen) atoms. The van der Waals surface area contributed by atoms with Gasteiger partial charge in [0.1, 0.15) is 0 Å². The number of carbonyl (C=O) groups is 2. The fourth-order valence-corrected chi connectivity index (χ4v) is 1.98. The summed E-state index contributed by atoms with van der Waals surface area (Å²) in [6.45, 7) is 1.83. The molecule has 0 saturated heterocycles. The van der Waals surface area contributed by atoms with E-state index in [0.717, 1.165) is 5.56 Å². The normalized spacial score (nSPS) is 10.1. The number of rotatable bonds is 4. The Kier molecular flexibility index (Phi) is 5.14. The molecule has 0 spiro atoms. The number of halogens is 1. The Balaban J connectivity index is 2.17. The highest BCUT2D eigenvalue weighted by molar-refractivity contribution is 6.34. The molecular weight excluding hydrogens is 302 g/mol. The van der Waals surface area contributed by atoms with E-state index in [1.54, 1.807) is 30.3 Å². The number of anilines is 2. The molecule has 0 saturated carbocycles. The molecule has 2 amide bonds. The second kappa shape index (κ2) is 7.06. The largest absolute Gasteiger partial charge is 0.325 e. The molecule has 4 N–H and O–H groups in total. The number of aryl methyl sites for hydroxylation is 1. The topological polar surface area (TPSA) is 84.2 Å². The van der Waals surface area contributed by atoms with Crippen molar-refractivity contribution in [1.29, 1.82) is 0 Å². The van der Waals surface area contributed by atoms with Gasteiger partial charge in [-0.05, 0) is 37.3 Å². The van der Waals surface area contributed by atoms with E-state index in [4.69, 9.17) is 17.3 Å². The zero-order valence-electron chi connectivity index (χ0n) is 12.0. The Hall–Kier alpha value is -2.37. The van der Waals surface area contributed by atoms with Crippen molar-refractivity contribution in [3.8, 4) is 0 Å². The highest BCUT2D eigenvalue weighted by Gasteiger charge is 2.10. The minimum absolute atomic E-state index is 0.117. The second-order valence-corrected chi connectivity index (χ2v) is 5.17. The lowest BCUT2D eigenvalue weighted by molar-refractivity contribution is -0.114. The van der Waals surface area contributed by atoms with Gasteiger partial charge in [-0.15, -0.1) is 0 Å². The van der Waals surface area contributed by atoms with E-state index in [1.807, 2.05) is 19.1 Å². The van der Waals surface area contributed by atoms with Crippen LogP contribution < -0.4 is 16.4 Å². The van der Waals surface area contributed by atoms with Crippen molar-refractivity contribution in [2.75, 3.05) is 17.2 Å². The van der Waals surface area contributed by atoms with Crippen LogP contribution >= 0.6 is 11.6 Å². The summed E-state index contributed by atoms with van der Waals surface area (Å²) in [4.78, 5) is 23.5. The van der Waals surface area contributed by atoms with Gasteiger partial charge < -0.3 is 16.4 Å². The van der Waals surface area contributed by atoms with Crippen LogP contribution in [0.15, 0.2) is 42.5 Å². The number of benzene rings is 2. The zero-order chi connectivity index (χ0) is 16.1. The number of carbonyl (C=O) groups excluding carboxylic acids is 2. The van der Waals surface area contributed by atoms with Crippen LogP contribution in [0, 0.1) is 6.92 Å². The Morgan fingerprint density at radius 3 is 2.41 bits per heavy atom. The highest BCUT2D eigenvalue weighted by Crippen LogP contribution is 2.26. The van der Waals surface area contributed by atoms with Crippen LogP contribution in [-0.4, -0.2) is 18.4 Å². The first-order chi connectivity index (χ1) is 10.5. The Labute approximate surface area is 133 Å². The summed E-state index contributed by atoms with van der Waals surface area (Å²) in [7, 11) is 0. The Morgan fingerprint density at radius 1 is 1.09 bits per heavy atom. The zero-order valence-corrected chi connectivity index (χ0v) is 12.8. The molecule has 0 aliphatic carbocycles. The molecule has 0 aliphatic rings. The molecule has 0 aromatic heterocycles. The van der Waals surface area contributed by atoms with E-state index in [2.05, 4.69) is 10.6 Å². The lowest BCUT2D eigenvalue weighted by Crippen LogP contribution is -2.22. The van der Waals surface area contributed by atoms with Crippen LogP contribution in [0.1, 0.15) is 15.9 Å². The average molecular weight is 318 g/mol. The van der Waals surface area contributed by atoms with Gasteiger partial charge in [0.05, 0.1) is 17.3 Å². The quantitative estimate of drug-likeness (QED) is 0.810. The summed E-state index contributed by atoms with van der Waals surface area (Å²) in [5, 5.41) is 5.71. The first kappa shape index (κ1) is 16.0. The molecule has 2 aromatic rings. The van der Waals surface area contributed by atoms with Gasteiger partial charge in [0.25, 0.3) is 5.91 Å². The van der Waals surface area contributed by atoms with Crippen LogP contribution in [0.4, 0.5) is 11.4 Å². The van der Waals surface area contributed by atoms with E-state index in [0.29, 0.717) is 22.0 Å². The van der Waals surface area contributed by atoms with Gasteiger partial charge in [-0.3, -0.25) is 9.59 Å². The maximum Gasteiger partial charge on any atom is 0.255 e. The average Bonchev–Trinajstić information content (AvgIpc) is 2.51. The van der Waals surface area contributed by atoms with E-state index >= 15 is 0 Å². The van der Waals surface area contributed by atoms with Crippen LogP contribution in [0.5, 0.6) is 0 Å². The van der Waals surface area contributed by atoms with Gasteiger partial charge >= 0.3 is 0 Å². The minimum atomic E-state index is -0.321. The molecule has 2 aromatic carbocycles. The molecule has 0 heterocycles. The van der Waals surface area contributed by atoms with Crippen molar-refractivity contribution in [3.05, 3.63) is 58.6 Å². The summed E-state index contributed by atoms with van der Waals surface area (Å²) in [6.07, 6.45) is 0. The molecule has 0 radical (unpaired) electrons. The van der Waals surface area contributed by atoms with Crippen molar-refractivity contribution in [3.63, 3.8) is 0 Å². The molecule has 0 aliphatic heterocycles. The number of hydrogen-bond donors (Lipinski definition) is 3. The van der Waals surface area contributed by atoms with Gasteiger partial charge in [0, 0.05) is 11.3 Å². The maximum absolute atomic E-state index is 12.2. The number of nitrogens with two attached hydrogens (primary N) is 1. The fraction of sp³-hybridized carbons (Fsp3) is 0.125. The summed E-state index contributed by atoms with van der Waals surface area (Å²) < 4.78 is 0. The van der Waals surface area contributed by atoms with Crippen molar-refractivity contribution in [2.45, 2.75) is 6.92 Å². The number of amides is 2. The second-order valence-electron chi connectivity index (χ2n) is 4.77. The van der Waals surface area contributed by atoms with Gasteiger partial charge in [0.2, 0.25) is 5.91 Å². The molecule has 114 valence electrons. The van der Waals surface area contributed by atoms with E-state index in [9.17, 15) is 9.59 Å². The summed E-state index contributed by atoms with van der Waals surface area (Å²) >= 11 is 6.07. The van der Waals surface area contributed by atoms with Crippen molar-refractivity contribution < 1.29 is 9.59 Å². The summed E-state index contributed by atoms with van der Waals surface area (Å²) in [5.74, 6) is -0.595. The van der Waals surface area contributed by atoms with Crippen LogP contribution in [0.3, 0.4) is 0 Å². The molecule has 0 atom stereocenters. The number of hydrogen-bond acceptors (Lipinski definition) is 3. The molecule has 2 rings (SSSR count). The SMILES string of the molecule is Cc1ccc(C(=O)Nc2cc(NC(=O)CN)ccc2Cl)cc1. The van der Waals surface area contributed by atoms with Gasteiger partial charge in [-0.1, -0.05) is 29.3 Å². The third-order valence-electron chi connectivity index (χ3n) is 3.00. The monoisotopic (exact) mass is 317 g/mol. The smallest absolute Gasteiger partial charge is 0.255 e. The first-order valence-electron chi connectivity index (χ1n) is 6.67. The molecule has 0 bridgehead atoms. The lowest BCUT2D eigenvalue weighted by Gasteiger charge is -2.10. The molecule has 0 fully saturated rings. The van der Waals surface area contributed by atoms with Crippen molar-refractivity contribution in [1.82, 2.24) is 0 Å². The summed E-state index contributed by atoms with van der Waals surface area (Å²) in [6, 6.07) is 12.0. The van der Waals surface area contributed by atoms with Crippen molar-refractivity contribution in [2.24, 2.45) is 5.73 Å². The van der Waals surface area contributed by atoms with Gasteiger partial charge in [-0.2, -0.15) is 0 Å².